The van der Waals surface area contributed by atoms with Crippen LogP contribution in [0, 0.1) is 11.3 Å². The molecule has 144 valence electrons. The first-order valence-electron chi connectivity index (χ1n) is 9.61. The number of anilines is 1. The molecule has 0 saturated carbocycles. The van der Waals surface area contributed by atoms with Gasteiger partial charge in [-0.2, -0.15) is 10.4 Å². The molecule has 2 saturated heterocycles. The zero-order valence-electron chi connectivity index (χ0n) is 15.7. The Morgan fingerprint density at radius 3 is 2.79 bits per heavy atom. The van der Waals surface area contributed by atoms with E-state index in [0.717, 1.165) is 24.2 Å². The number of amides is 1. The smallest absolute Gasteiger partial charge is 0.225 e. The molecule has 4 heterocycles. The average Bonchev–Trinajstić information content (AvgIpc) is 3.48. The zero-order chi connectivity index (χ0) is 19.8. The molecule has 29 heavy (non-hydrogen) atoms. The highest BCUT2D eigenvalue weighted by Crippen LogP contribution is 2.37. The number of fused-ring (bicyclic) bond motifs is 1. The fraction of sp³-hybridized carbons (Fsp3) is 0.286. The summed E-state index contributed by atoms with van der Waals surface area (Å²) >= 11 is 0. The zero-order valence-corrected chi connectivity index (χ0v) is 15.7. The monoisotopic (exact) mass is 385 g/mol. The predicted octanol–water partition coefficient (Wildman–Crippen LogP) is 1.91. The van der Waals surface area contributed by atoms with Gasteiger partial charge in [0, 0.05) is 44.3 Å². The summed E-state index contributed by atoms with van der Waals surface area (Å²) in [7, 11) is 0. The number of aromatic nitrogens is 4. The summed E-state index contributed by atoms with van der Waals surface area (Å²) in [6.45, 7) is 1.29. The van der Waals surface area contributed by atoms with E-state index in [9.17, 15) is 10.1 Å². The van der Waals surface area contributed by atoms with E-state index in [1.165, 1.54) is 6.20 Å². The Balaban J connectivity index is 1.42. The largest absolute Gasteiger partial charge is 0.349 e. The number of rotatable bonds is 4. The Kier molecular flexibility index (Phi) is 4.21. The summed E-state index contributed by atoms with van der Waals surface area (Å²) in [6, 6.07) is 12.1. The lowest BCUT2D eigenvalue weighted by atomic mass is 10.1. The van der Waals surface area contributed by atoms with Gasteiger partial charge in [-0.3, -0.25) is 4.79 Å². The van der Waals surface area contributed by atoms with Crippen LogP contribution < -0.4 is 4.90 Å². The maximum Gasteiger partial charge on any atom is 0.225 e. The number of hydrogen-bond acceptors (Lipinski definition) is 6. The van der Waals surface area contributed by atoms with Gasteiger partial charge < -0.3 is 9.80 Å². The third kappa shape index (κ3) is 2.91. The molecular weight excluding hydrogens is 366 g/mol. The van der Waals surface area contributed by atoms with E-state index in [1.54, 1.807) is 12.4 Å². The van der Waals surface area contributed by atoms with Crippen molar-refractivity contribution in [2.24, 2.45) is 0 Å². The van der Waals surface area contributed by atoms with Gasteiger partial charge in [-0.25, -0.2) is 14.6 Å². The van der Waals surface area contributed by atoms with Gasteiger partial charge in [0.15, 0.2) is 11.5 Å². The second-order valence-corrected chi connectivity index (χ2v) is 7.26. The van der Waals surface area contributed by atoms with Gasteiger partial charge >= 0.3 is 0 Å². The summed E-state index contributed by atoms with van der Waals surface area (Å²) in [5, 5.41) is 13.7. The quantitative estimate of drug-likeness (QED) is 0.681. The van der Waals surface area contributed by atoms with Crippen LogP contribution in [0.25, 0.3) is 5.69 Å². The van der Waals surface area contributed by atoms with E-state index >= 15 is 0 Å². The van der Waals surface area contributed by atoms with Crippen LogP contribution in [0.5, 0.6) is 0 Å². The Bertz CT molecular complexity index is 1090. The van der Waals surface area contributed by atoms with Gasteiger partial charge in [-0.05, 0) is 24.1 Å². The molecule has 0 spiro atoms. The van der Waals surface area contributed by atoms with Gasteiger partial charge in [-0.1, -0.05) is 18.2 Å². The molecule has 0 radical (unpaired) electrons. The summed E-state index contributed by atoms with van der Waals surface area (Å²) in [5.41, 5.74) is 2.34. The van der Waals surface area contributed by atoms with Crippen LogP contribution in [0.15, 0.2) is 55.1 Å². The fourth-order valence-corrected chi connectivity index (χ4v) is 4.48. The highest BCUT2D eigenvalue weighted by Gasteiger charge is 2.47. The molecule has 2 atom stereocenters. The molecule has 5 rings (SSSR count). The summed E-state index contributed by atoms with van der Waals surface area (Å²) in [5.74, 6) is 0.705. The van der Waals surface area contributed by atoms with E-state index in [2.05, 4.69) is 26.0 Å². The Hall–Kier alpha value is -3.73. The first-order valence-corrected chi connectivity index (χ1v) is 9.61. The minimum absolute atomic E-state index is 0.0168. The van der Waals surface area contributed by atoms with Crippen LogP contribution in [0.1, 0.15) is 24.1 Å². The topological polar surface area (TPSA) is 90.9 Å². The molecule has 8 nitrogen and oxygen atoms in total. The molecule has 2 fully saturated rings. The van der Waals surface area contributed by atoms with E-state index < -0.39 is 0 Å². The van der Waals surface area contributed by atoms with Gasteiger partial charge in [0.25, 0.3) is 0 Å². The molecule has 2 aliphatic rings. The minimum atomic E-state index is 0.0168. The summed E-state index contributed by atoms with van der Waals surface area (Å²) < 4.78 is 1.83. The summed E-state index contributed by atoms with van der Waals surface area (Å²) in [4.78, 5) is 25.4. The third-order valence-electron chi connectivity index (χ3n) is 5.76. The molecule has 0 bridgehead atoms. The normalized spacial score (nSPS) is 20.7. The molecule has 1 amide bonds. The first kappa shape index (κ1) is 17.4. The molecule has 2 aliphatic heterocycles. The Labute approximate surface area is 168 Å². The van der Waals surface area contributed by atoms with E-state index in [-0.39, 0.29) is 18.0 Å². The fourth-order valence-electron chi connectivity index (χ4n) is 4.48. The first-order chi connectivity index (χ1) is 14.3. The van der Waals surface area contributed by atoms with Crippen molar-refractivity contribution in [1.82, 2.24) is 24.6 Å². The number of benzene rings is 1. The van der Waals surface area contributed by atoms with Crippen LogP contribution in [0.2, 0.25) is 0 Å². The van der Waals surface area contributed by atoms with Crippen LogP contribution in [0.4, 0.5) is 5.82 Å². The second-order valence-electron chi connectivity index (χ2n) is 7.26. The van der Waals surface area contributed by atoms with Crippen molar-refractivity contribution >= 4 is 11.7 Å². The van der Waals surface area contributed by atoms with Crippen LogP contribution in [-0.2, 0) is 11.3 Å². The van der Waals surface area contributed by atoms with Crippen molar-refractivity contribution in [1.29, 1.82) is 5.26 Å². The van der Waals surface area contributed by atoms with E-state index in [1.807, 2.05) is 46.1 Å². The number of para-hydroxylation sites is 1. The number of hydrogen-bond donors (Lipinski definition) is 0. The van der Waals surface area contributed by atoms with Gasteiger partial charge in [0.1, 0.15) is 6.07 Å². The van der Waals surface area contributed by atoms with Crippen molar-refractivity contribution in [2.45, 2.75) is 31.5 Å². The maximum absolute atomic E-state index is 12.9. The van der Waals surface area contributed by atoms with Crippen molar-refractivity contribution in [3.63, 3.8) is 0 Å². The minimum Gasteiger partial charge on any atom is -0.349 e. The lowest BCUT2D eigenvalue weighted by Gasteiger charge is -2.26. The molecule has 0 N–H and O–H groups in total. The third-order valence-corrected chi connectivity index (χ3v) is 5.76. The lowest BCUT2D eigenvalue weighted by molar-refractivity contribution is -0.129. The number of carbonyl (C=O) groups excluding carboxylic acids is 1. The molecule has 0 unspecified atom stereocenters. The molecule has 3 aromatic rings. The number of likely N-dealkylation sites (tertiary alicyclic amines) is 1. The summed E-state index contributed by atoms with van der Waals surface area (Å²) in [6.07, 6.45) is 8.04. The highest BCUT2D eigenvalue weighted by molar-refractivity contribution is 5.81. The van der Waals surface area contributed by atoms with Gasteiger partial charge in [0.2, 0.25) is 5.91 Å². The lowest BCUT2D eigenvalue weighted by Crippen LogP contribution is -2.37. The van der Waals surface area contributed by atoms with E-state index in [4.69, 9.17) is 0 Å². The predicted molar refractivity (Wildman–Crippen MR) is 105 cm³/mol. The Morgan fingerprint density at radius 2 is 1.97 bits per heavy atom. The van der Waals surface area contributed by atoms with Crippen LogP contribution >= 0.6 is 0 Å². The molecule has 2 aromatic heterocycles. The van der Waals surface area contributed by atoms with Crippen molar-refractivity contribution in [3.8, 4) is 11.8 Å². The average molecular weight is 385 g/mol. The van der Waals surface area contributed by atoms with Crippen LogP contribution in [0.3, 0.4) is 0 Å². The van der Waals surface area contributed by atoms with Gasteiger partial charge in [-0.15, -0.1) is 0 Å². The SMILES string of the molecule is N#Cc1nccnc1N1CC[C@H]2[C@@H]1CC(=O)N2Cc1ccccc1-n1cccn1. The second kappa shape index (κ2) is 7.02. The maximum atomic E-state index is 12.9. The van der Waals surface area contributed by atoms with E-state index in [0.29, 0.717) is 24.5 Å². The molecule has 0 aliphatic carbocycles. The highest BCUT2D eigenvalue weighted by atomic mass is 16.2. The van der Waals surface area contributed by atoms with Crippen LogP contribution in [-0.4, -0.2) is 49.2 Å². The van der Waals surface area contributed by atoms with Crippen molar-refractivity contribution in [2.75, 3.05) is 11.4 Å². The van der Waals surface area contributed by atoms with Crippen molar-refractivity contribution < 1.29 is 4.79 Å². The van der Waals surface area contributed by atoms with Crippen molar-refractivity contribution in [3.05, 3.63) is 66.4 Å². The standard InChI is InChI=1S/C21H19N7O/c22-13-16-21(24-9-8-23-16)26-11-6-18-19(26)12-20(29)27(18)14-15-4-1-2-5-17(15)28-10-3-7-25-28/h1-5,7-10,18-19H,6,11-12,14H2/t18-,19-/m0/s1. The molecule has 8 heteroatoms. The number of carbonyl (C=O) groups is 1. The molecular formula is C21H19N7O. The molecule has 1 aromatic carbocycles. The Morgan fingerprint density at radius 1 is 1.10 bits per heavy atom. The number of nitrogens with zero attached hydrogens (tertiary/aromatic N) is 7. The van der Waals surface area contributed by atoms with Gasteiger partial charge in [0.05, 0.1) is 17.8 Å². The number of nitriles is 1.